The Hall–Kier alpha value is -0.640. The second-order valence-electron chi connectivity index (χ2n) is 4.49. The highest BCUT2D eigenvalue weighted by Crippen LogP contribution is 2.37. The van der Waals surface area contributed by atoms with Gasteiger partial charge in [0.15, 0.2) is 0 Å². The molecule has 2 aliphatic rings. The summed E-state index contributed by atoms with van der Waals surface area (Å²) in [5.41, 5.74) is 2.81. The summed E-state index contributed by atoms with van der Waals surface area (Å²) < 4.78 is 3.94. The summed E-state index contributed by atoms with van der Waals surface area (Å²) in [6.45, 7) is 0. The van der Waals surface area contributed by atoms with E-state index in [9.17, 15) is 4.79 Å². The molecule has 3 nitrogen and oxygen atoms in total. The van der Waals surface area contributed by atoms with Gasteiger partial charge in [0.1, 0.15) is 0 Å². The Kier molecular flexibility index (Phi) is 2.20. The van der Waals surface area contributed by atoms with Gasteiger partial charge in [-0.3, -0.25) is 9.13 Å². The van der Waals surface area contributed by atoms with Crippen molar-refractivity contribution in [2.75, 3.05) is 5.75 Å². The van der Waals surface area contributed by atoms with E-state index in [-0.39, 0.29) is 5.69 Å². The molecule has 1 saturated carbocycles. The molecule has 0 unspecified atom stereocenters. The highest BCUT2D eigenvalue weighted by atomic mass is 32.2. The van der Waals surface area contributed by atoms with Gasteiger partial charge in [-0.05, 0) is 31.4 Å². The molecule has 0 radical (unpaired) electrons. The molecule has 0 aromatic carbocycles. The summed E-state index contributed by atoms with van der Waals surface area (Å²) in [4.78, 5) is 12.1. The van der Waals surface area contributed by atoms with Crippen LogP contribution in [0.5, 0.6) is 0 Å². The zero-order valence-electron chi connectivity index (χ0n) is 9.03. The van der Waals surface area contributed by atoms with Crippen LogP contribution in [0.4, 0.5) is 0 Å². The Morgan fingerprint density at radius 3 is 2.87 bits per heavy atom. The van der Waals surface area contributed by atoms with Crippen LogP contribution in [0.2, 0.25) is 0 Å². The molecule has 2 heterocycles. The third-order valence-corrected chi connectivity index (χ3v) is 4.43. The fraction of sp³-hybridized carbons (Fsp3) is 0.727. The second kappa shape index (κ2) is 3.44. The van der Waals surface area contributed by atoms with Crippen molar-refractivity contribution in [3.05, 3.63) is 21.9 Å². The Labute approximate surface area is 93.5 Å². The van der Waals surface area contributed by atoms with Gasteiger partial charge in [0.25, 0.3) is 0 Å². The van der Waals surface area contributed by atoms with E-state index in [1.54, 1.807) is 0 Å². The van der Waals surface area contributed by atoms with E-state index in [0.29, 0.717) is 6.04 Å². The van der Waals surface area contributed by atoms with Crippen molar-refractivity contribution in [3.8, 4) is 0 Å². The van der Waals surface area contributed by atoms with Gasteiger partial charge in [-0.25, -0.2) is 4.79 Å². The number of hydrogen-bond donors (Lipinski definition) is 0. The number of imidazole rings is 1. The van der Waals surface area contributed by atoms with Gasteiger partial charge in [-0.2, -0.15) is 11.8 Å². The number of rotatable bonds is 1. The third-order valence-electron chi connectivity index (χ3n) is 3.37. The minimum atomic E-state index is 0.213. The largest absolute Gasteiger partial charge is 0.328 e. The normalized spacial score (nSPS) is 21.1. The molecular formula is C11H16N2OS. The maximum absolute atomic E-state index is 12.1. The highest BCUT2D eigenvalue weighted by Gasteiger charge is 2.31. The van der Waals surface area contributed by atoms with Crippen LogP contribution in [0.15, 0.2) is 4.79 Å². The van der Waals surface area contributed by atoms with Crippen molar-refractivity contribution in [2.24, 2.45) is 7.05 Å². The van der Waals surface area contributed by atoms with E-state index < -0.39 is 0 Å². The van der Waals surface area contributed by atoms with E-state index >= 15 is 0 Å². The van der Waals surface area contributed by atoms with Gasteiger partial charge >= 0.3 is 5.69 Å². The van der Waals surface area contributed by atoms with Gasteiger partial charge in [0.05, 0.1) is 5.69 Å². The molecule has 0 bridgehead atoms. The van der Waals surface area contributed by atoms with Crippen molar-refractivity contribution >= 4 is 11.8 Å². The highest BCUT2D eigenvalue weighted by molar-refractivity contribution is 7.98. The summed E-state index contributed by atoms with van der Waals surface area (Å²) in [6, 6.07) is 0.520. The number of thioether (sulfide) groups is 1. The number of hydrogen-bond acceptors (Lipinski definition) is 2. The minimum absolute atomic E-state index is 0.213. The summed E-state index contributed by atoms with van der Waals surface area (Å²) in [5.74, 6) is 2.26. The molecule has 0 atom stereocenters. The van der Waals surface area contributed by atoms with E-state index in [4.69, 9.17) is 0 Å². The minimum Gasteiger partial charge on any atom is -0.299 e. The van der Waals surface area contributed by atoms with E-state index in [1.165, 1.54) is 36.4 Å². The van der Waals surface area contributed by atoms with Crippen molar-refractivity contribution in [1.29, 1.82) is 0 Å². The third kappa shape index (κ3) is 1.46. The van der Waals surface area contributed by atoms with Crippen molar-refractivity contribution in [3.63, 3.8) is 0 Å². The lowest BCUT2D eigenvalue weighted by molar-refractivity contribution is 0.660. The van der Waals surface area contributed by atoms with Gasteiger partial charge in [-0.1, -0.05) is 0 Å². The predicted octanol–water partition coefficient (Wildman–Crippen LogP) is 1.70. The van der Waals surface area contributed by atoms with E-state index in [2.05, 4.69) is 4.57 Å². The van der Waals surface area contributed by atoms with E-state index in [0.717, 1.165) is 12.2 Å². The molecule has 1 fully saturated rings. The Morgan fingerprint density at radius 1 is 1.33 bits per heavy atom. The lowest BCUT2D eigenvalue weighted by Crippen LogP contribution is -2.23. The molecule has 1 aromatic heterocycles. The first-order valence-corrected chi connectivity index (χ1v) is 6.81. The first kappa shape index (κ1) is 9.58. The predicted molar refractivity (Wildman–Crippen MR) is 62.4 cm³/mol. The molecule has 1 aliphatic heterocycles. The van der Waals surface area contributed by atoms with Crippen LogP contribution in [0.1, 0.15) is 36.7 Å². The smallest absolute Gasteiger partial charge is 0.299 e. The Balaban J connectivity index is 2.17. The van der Waals surface area contributed by atoms with Gasteiger partial charge < -0.3 is 0 Å². The Bertz CT molecular complexity index is 442. The number of aromatic nitrogens is 2. The molecule has 0 saturated heterocycles. The fourth-order valence-electron chi connectivity index (χ4n) is 2.41. The van der Waals surface area contributed by atoms with Crippen LogP contribution in [-0.2, 0) is 19.2 Å². The van der Waals surface area contributed by atoms with Gasteiger partial charge in [0.2, 0.25) is 0 Å². The van der Waals surface area contributed by atoms with Crippen LogP contribution < -0.4 is 5.69 Å². The average Bonchev–Trinajstić information content (AvgIpc) is 3.01. The number of nitrogens with zero attached hydrogens (tertiary/aromatic N) is 2. The summed E-state index contributed by atoms with van der Waals surface area (Å²) in [6.07, 6.45) is 4.68. The molecule has 0 amide bonds. The zero-order valence-corrected chi connectivity index (χ0v) is 9.85. The molecule has 0 N–H and O–H groups in total. The first-order chi connectivity index (χ1) is 7.29. The van der Waals surface area contributed by atoms with Gasteiger partial charge in [0, 0.05) is 24.5 Å². The summed E-state index contributed by atoms with van der Waals surface area (Å²) in [5, 5.41) is 0. The lowest BCUT2D eigenvalue weighted by Gasteiger charge is -2.04. The van der Waals surface area contributed by atoms with Crippen LogP contribution in [-0.4, -0.2) is 14.9 Å². The summed E-state index contributed by atoms with van der Waals surface area (Å²) >= 11 is 1.97. The average molecular weight is 224 g/mol. The molecule has 15 heavy (non-hydrogen) atoms. The maximum atomic E-state index is 12.1. The molecule has 0 spiro atoms. The molecule has 82 valence electrons. The summed E-state index contributed by atoms with van der Waals surface area (Å²) in [7, 11) is 1.93. The molecule has 4 heteroatoms. The second-order valence-corrected chi connectivity index (χ2v) is 5.60. The Morgan fingerprint density at radius 2 is 2.13 bits per heavy atom. The standard InChI is InChI=1S/C11H16N2OS/c1-12-9-3-2-6-15-7-10(9)13(11(12)14)8-4-5-8/h8H,2-7H2,1H3. The van der Waals surface area contributed by atoms with Crippen LogP contribution in [0, 0.1) is 0 Å². The van der Waals surface area contributed by atoms with Crippen molar-refractivity contribution in [2.45, 2.75) is 37.5 Å². The van der Waals surface area contributed by atoms with Crippen LogP contribution in [0.25, 0.3) is 0 Å². The lowest BCUT2D eigenvalue weighted by atomic mass is 10.2. The molecule has 3 rings (SSSR count). The topological polar surface area (TPSA) is 26.9 Å². The quantitative estimate of drug-likeness (QED) is 0.726. The molecular weight excluding hydrogens is 208 g/mol. The van der Waals surface area contributed by atoms with E-state index in [1.807, 2.05) is 23.4 Å². The monoisotopic (exact) mass is 224 g/mol. The number of fused-ring (bicyclic) bond motifs is 1. The first-order valence-electron chi connectivity index (χ1n) is 5.65. The zero-order chi connectivity index (χ0) is 10.4. The fourth-order valence-corrected chi connectivity index (χ4v) is 3.40. The van der Waals surface area contributed by atoms with Crippen molar-refractivity contribution in [1.82, 2.24) is 9.13 Å². The molecule has 1 aromatic rings. The van der Waals surface area contributed by atoms with Crippen LogP contribution in [0.3, 0.4) is 0 Å². The van der Waals surface area contributed by atoms with Crippen molar-refractivity contribution < 1.29 is 0 Å². The SMILES string of the molecule is Cn1c2c(n(C3CC3)c1=O)CSCCC2. The van der Waals surface area contributed by atoms with Crippen LogP contribution >= 0.6 is 11.8 Å². The maximum Gasteiger partial charge on any atom is 0.328 e. The van der Waals surface area contributed by atoms with Gasteiger partial charge in [-0.15, -0.1) is 0 Å². The molecule has 1 aliphatic carbocycles.